The Kier molecular flexibility index (Phi) is 5.06. The fourth-order valence-corrected chi connectivity index (χ4v) is 6.26. The van der Waals surface area contributed by atoms with E-state index in [1.165, 1.54) is 0 Å². The van der Waals surface area contributed by atoms with Crippen LogP contribution in [0.3, 0.4) is 0 Å². The SMILES string of the molecule is CCOc1ccccc1S(=O)(=O)N1C2CCC1CC(Oc1cccnc1)C2. The molecule has 0 saturated carbocycles. The van der Waals surface area contributed by atoms with E-state index in [1.807, 2.05) is 19.1 Å². The molecule has 2 bridgehead atoms. The van der Waals surface area contributed by atoms with Gasteiger partial charge in [0.2, 0.25) is 10.0 Å². The van der Waals surface area contributed by atoms with Crippen molar-refractivity contribution in [2.45, 2.75) is 55.7 Å². The number of sulfonamides is 1. The third-order valence-electron chi connectivity index (χ3n) is 5.26. The number of fused-ring (bicyclic) bond motifs is 2. The summed E-state index contributed by atoms with van der Waals surface area (Å²) in [7, 11) is -3.61. The number of hydrogen-bond donors (Lipinski definition) is 0. The topological polar surface area (TPSA) is 68.7 Å². The Hall–Kier alpha value is -2.12. The lowest BCUT2D eigenvalue weighted by Crippen LogP contribution is -2.49. The van der Waals surface area contributed by atoms with E-state index in [9.17, 15) is 8.42 Å². The number of aromatic nitrogens is 1. The Morgan fingerprint density at radius 3 is 2.52 bits per heavy atom. The van der Waals surface area contributed by atoms with Gasteiger partial charge in [-0.1, -0.05) is 12.1 Å². The number of hydrogen-bond acceptors (Lipinski definition) is 5. The van der Waals surface area contributed by atoms with Gasteiger partial charge in [0.25, 0.3) is 0 Å². The maximum absolute atomic E-state index is 13.4. The monoisotopic (exact) mass is 388 g/mol. The van der Waals surface area contributed by atoms with E-state index in [0.717, 1.165) is 18.6 Å². The number of piperidine rings is 1. The van der Waals surface area contributed by atoms with Crippen LogP contribution in [-0.4, -0.2) is 42.5 Å². The molecular weight excluding hydrogens is 364 g/mol. The van der Waals surface area contributed by atoms with Gasteiger partial charge in [0.15, 0.2) is 0 Å². The number of nitrogens with zero attached hydrogens (tertiary/aromatic N) is 2. The molecule has 2 saturated heterocycles. The maximum Gasteiger partial charge on any atom is 0.247 e. The zero-order chi connectivity index (χ0) is 18.9. The van der Waals surface area contributed by atoms with Gasteiger partial charge in [-0.25, -0.2) is 8.42 Å². The van der Waals surface area contributed by atoms with Crippen molar-refractivity contribution >= 4 is 10.0 Å². The lowest BCUT2D eigenvalue weighted by Gasteiger charge is -2.38. The maximum atomic E-state index is 13.4. The number of rotatable bonds is 6. The highest BCUT2D eigenvalue weighted by molar-refractivity contribution is 7.89. The lowest BCUT2D eigenvalue weighted by molar-refractivity contribution is 0.0952. The first-order chi connectivity index (χ1) is 13.1. The van der Waals surface area contributed by atoms with Crippen LogP contribution < -0.4 is 9.47 Å². The molecule has 6 nitrogen and oxygen atoms in total. The molecule has 0 N–H and O–H groups in total. The Labute approximate surface area is 160 Å². The van der Waals surface area contributed by atoms with Crippen molar-refractivity contribution in [2.24, 2.45) is 0 Å². The third-order valence-corrected chi connectivity index (χ3v) is 7.31. The highest BCUT2D eigenvalue weighted by Gasteiger charge is 2.48. The summed E-state index contributed by atoms with van der Waals surface area (Å²) in [6.07, 6.45) is 6.55. The zero-order valence-electron chi connectivity index (χ0n) is 15.3. The van der Waals surface area contributed by atoms with Crippen molar-refractivity contribution in [1.29, 1.82) is 0 Å². The molecule has 0 amide bonds. The summed E-state index contributed by atoms with van der Waals surface area (Å²) in [5.41, 5.74) is 0. The third kappa shape index (κ3) is 3.53. The largest absolute Gasteiger partial charge is 0.492 e. The van der Waals surface area contributed by atoms with E-state index in [4.69, 9.17) is 9.47 Å². The number of pyridine rings is 1. The van der Waals surface area contributed by atoms with Crippen molar-refractivity contribution in [3.8, 4) is 11.5 Å². The summed E-state index contributed by atoms with van der Waals surface area (Å²) >= 11 is 0. The van der Waals surface area contributed by atoms with Crippen LogP contribution in [0.4, 0.5) is 0 Å². The van der Waals surface area contributed by atoms with Crippen molar-refractivity contribution in [2.75, 3.05) is 6.61 Å². The average Bonchev–Trinajstić information content (AvgIpc) is 2.96. The van der Waals surface area contributed by atoms with Crippen LogP contribution in [-0.2, 0) is 10.0 Å². The molecule has 27 heavy (non-hydrogen) atoms. The number of para-hydroxylation sites is 1. The Bertz CT molecular complexity index is 874. The van der Waals surface area contributed by atoms with Crippen LogP contribution in [0.25, 0.3) is 0 Å². The van der Waals surface area contributed by atoms with Gasteiger partial charge in [-0.15, -0.1) is 0 Å². The molecule has 3 heterocycles. The normalized spacial score (nSPS) is 25.3. The quantitative estimate of drug-likeness (QED) is 0.760. The molecule has 2 fully saturated rings. The highest BCUT2D eigenvalue weighted by atomic mass is 32.2. The van der Waals surface area contributed by atoms with Crippen LogP contribution in [0.1, 0.15) is 32.6 Å². The van der Waals surface area contributed by atoms with Crippen LogP contribution in [0.2, 0.25) is 0 Å². The molecule has 4 rings (SSSR count). The van der Waals surface area contributed by atoms with Crippen molar-refractivity contribution in [1.82, 2.24) is 9.29 Å². The van der Waals surface area contributed by atoms with Gasteiger partial charge in [0, 0.05) is 31.1 Å². The molecule has 2 atom stereocenters. The number of benzene rings is 1. The number of ether oxygens (including phenoxy) is 2. The van der Waals surface area contributed by atoms with E-state index in [0.29, 0.717) is 25.2 Å². The van der Waals surface area contributed by atoms with E-state index >= 15 is 0 Å². The molecule has 1 aromatic heterocycles. The van der Waals surface area contributed by atoms with Crippen LogP contribution >= 0.6 is 0 Å². The average molecular weight is 388 g/mol. The molecule has 7 heteroatoms. The predicted molar refractivity (Wildman–Crippen MR) is 101 cm³/mol. The first kappa shape index (κ1) is 18.3. The Morgan fingerprint density at radius 2 is 1.85 bits per heavy atom. The molecule has 0 aliphatic carbocycles. The van der Waals surface area contributed by atoms with Gasteiger partial charge in [-0.05, 0) is 44.0 Å². The fourth-order valence-electron chi connectivity index (χ4n) is 4.23. The molecule has 1 aromatic carbocycles. The summed E-state index contributed by atoms with van der Waals surface area (Å²) in [5.74, 6) is 1.16. The highest BCUT2D eigenvalue weighted by Crippen LogP contribution is 2.42. The first-order valence-corrected chi connectivity index (χ1v) is 10.9. The van der Waals surface area contributed by atoms with Gasteiger partial charge in [0.05, 0.1) is 12.8 Å². The van der Waals surface area contributed by atoms with Gasteiger partial charge >= 0.3 is 0 Å². The van der Waals surface area contributed by atoms with E-state index in [1.54, 1.807) is 41.0 Å². The van der Waals surface area contributed by atoms with Crippen LogP contribution in [0, 0.1) is 0 Å². The van der Waals surface area contributed by atoms with Crippen LogP contribution in [0.5, 0.6) is 11.5 Å². The van der Waals surface area contributed by atoms with Crippen LogP contribution in [0.15, 0.2) is 53.7 Å². The fraction of sp³-hybridized carbons (Fsp3) is 0.450. The molecule has 144 valence electrons. The first-order valence-electron chi connectivity index (χ1n) is 9.41. The molecule has 2 unspecified atom stereocenters. The minimum absolute atomic E-state index is 0.0142. The second kappa shape index (κ2) is 7.48. The second-order valence-corrected chi connectivity index (χ2v) is 8.81. The summed E-state index contributed by atoms with van der Waals surface area (Å²) in [6.45, 7) is 2.29. The molecular formula is C20H24N2O4S. The van der Waals surface area contributed by atoms with Gasteiger partial charge < -0.3 is 9.47 Å². The van der Waals surface area contributed by atoms with Gasteiger partial charge in [0.1, 0.15) is 22.5 Å². The molecule has 2 aliphatic rings. The summed E-state index contributed by atoms with van der Waals surface area (Å²) in [6, 6.07) is 10.6. The van der Waals surface area contributed by atoms with E-state index in [2.05, 4.69) is 4.98 Å². The smallest absolute Gasteiger partial charge is 0.247 e. The molecule has 2 aromatic rings. The predicted octanol–water partition coefficient (Wildman–Crippen LogP) is 3.24. The lowest BCUT2D eigenvalue weighted by atomic mass is 10.0. The molecule has 2 aliphatic heterocycles. The molecule has 0 spiro atoms. The Morgan fingerprint density at radius 1 is 1.11 bits per heavy atom. The standard InChI is InChI=1S/C20H24N2O4S/c1-2-25-19-7-3-4-8-20(19)27(23,24)22-15-9-10-16(22)13-18(12-15)26-17-6-5-11-21-14-17/h3-8,11,14-16,18H,2,9-10,12-13H2,1H3. The minimum atomic E-state index is -3.61. The van der Waals surface area contributed by atoms with Gasteiger partial charge in [-0.2, -0.15) is 4.31 Å². The Balaban J connectivity index is 1.56. The molecule has 0 radical (unpaired) electrons. The second-order valence-electron chi connectivity index (χ2n) is 7.00. The van der Waals surface area contributed by atoms with Crippen molar-refractivity contribution in [3.63, 3.8) is 0 Å². The van der Waals surface area contributed by atoms with Crippen molar-refractivity contribution < 1.29 is 17.9 Å². The summed E-state index contributed by atoms with van der Waals surface area (Å²) < 4.78 is 40.1. The van der Waals surface area contributed by atoms with Gasteiger partial charge in [-0.3, -0.25) is 4.98 Å². The zero-order valence-corrected chi connectivity index (χ0v) is 16.1. The van der Waals surface area contributed by atoms with Crippen molar-refractivity contribution in [3.05, 3.63) is 48.8 Å². The summed E-state index contributed by atoms with van der Waals surface area (Å²) in [4.78, 5) is 4.34. The van der Waals surface area contributed by atoms with E-state index < -0.39 is 10.0 Å². The van der Waals surface area contributed by atoms with E-state index in [-0.39, 0.29) is 23.1 Å². The summed E-state index contributed by atoms with van der Waals surface area (Å²) in [5, 5.41) is 0. The minimum Gasteiger partial charge on any atom is -0.492 e.